The molecule has 0 unspecified atom stereocenters. The van der Waals surface area contributed by atoms with Crippen molar-refractivity contribution in [2.45, 2.75) is 32.1 Å². The van der Waals surface area contributed by atoms with E-state index in [1.54, 1.807) is 47.7 Å². The van der Waals surface area contributed by atoms with Crippen LogP contribution in [0, 0.1) is 0 Å². The van der Waals surface area contributed by atoms with Gasteiger partial charge in [0.1, 0.15) is 23.8 Å². The standard InChI is InChI=1S/C22H23ClN4O3/c1-22(2,30-20-10-8-16(23)9-11-20)21(28)26-13-18(14-26)27-12-17(24-25-27)15-29-19-6-4-3-5-7-19/h3-12,18H,13-15H2,1-2H3. The molecule has 1 fully saturated rings. The van der Waals surface area contributed by atoms with Gasteiger partial charge in [0, 0.05) is 18.1 Å². The summed E-state index contributed by atoms with van der Waals surface area (Å²) >= 11 is 5.90. The zero-order valence-corrected chi connectivity index (χ0v) is 17.6. The summed E-state index contributed by atoms with van der Waals surface area (Å²) in [6.07, 6.45) is 1.87. The topological polar surface area (TPSA) is 69.5 Å². The lowest BCUT2D eigenvalue weighted by Crippen LogP contribution is -2.58. The number of benzene rings is 2. The third kappa shape index (κ3) is 4.57. The van der Waals surface area contributed by atoms with Gasteiger partial charge < -0.3 is 14.4 Å². The molecule has 2 aromatic carbocycles. The molecular weight excluding hydrogens is 404 g/mol. The first kappa shape index (κ1) is 20.2. The van der Waals surface area contributed by atoms with Crippen molar-refractivity contribution in [2.24, 2.45) is 0 Å². The van der Waals surface area contributed by atoms with Crippen molar-refractivity contribution in [1.82, 2.24) is 19.9 Å². The molecule has 0 bridgehead atoms. The Balaban J connectivity index is 1.29. The number of rotatable bonds is 7. The van der Waals surface area contributed by atoms with Crippen LogP contribution in [-0.4, -0.2) is 44.5 Å². The molecule has 1 aliphatic heterocycles. The Morgan fingerprint density at radius 2 is 1.80 bits per heavy atom. The minimum absolute atomic E-state index is 0.0681. The van der Waals surface area contributed by atoms with Crippen molar-refractivity contribution < 1.29 is 14.3 Å². The van der Waals surface area contributed by atoms with E-state index in [9.17, 15) is 4.79 Å². The molecule has 1 aliphatic rings. The number of hydrogen-bond acceptors (Lipinski definition) is 5. The predicted molar refractivity (Wildman–Crippen MR) is 113 cm³/mol. The lowest BCUT2D eigenvalue weighted by atomic mass is 10.0. The second kappa shape index (κ2) is 8.36. The maximum absolute atomic E-state index is 12.9. The Hall–Kier alpha value is -3.06. The molecular formula is C22H23ClN4O3. The highest BCUT2D eigenvalue weighted by molar-refractivity contribution is 6.30. The maximum atomic E-state index is 12.9. The van der Waals surface area contributed by atoms with Crippen molar-refractivity contribution in [3.05, 3.63) is 71.5 Å². The van der Waals surface area contributed by atoms with Gasteiger partial charge in [-0.15, -0.1) is 5.10 Å². The van der Waals surface area contributed by atoms with E-state index in [1.165, 1.54) is 0 Å². The first-order chi connectivity index (χ1) is 14.4. The molecule has 0 N–H and O–H groups in total. The van der Waals surface area contributed by atoms with Crippen molar-refractivity contribution in [3.8, 4) is 11.5 Å². The van der Waals surface area contributed by atoms with Gasteiger partial charge in [0.25, 0.3) is 5.91 Å². The van der Waals surface area contributed by atoms with Crippen LogP contribution >= 0.6 is 11.6 Å². The molecule has 0 saturated carbocycles. The number of carbonyl (C=O) groups excluding carboxylic acids is 1. The third-order valence-electron chi connectivity index (χ3n) is 4.91. The van der Waals surface area contributed by atoms with E-state index >= 15 is 0 Å². The molecule has 0 spiro atoms. The van der Waals surface area contributed by atoms with Crippen LogP contribution in [0.3, 0.4) is 0 Å². The molecule has 30 heavy (non-hydrogen) atoms. The van der Waals surface area contributed by atoms with Crippen LogP contribution in [-0.2, 0) is 11.4 Å². The third-order valence-corrected chi connectivity index (χ3v) is 5.16. The highest BCUT2D eigenvalue weighted by Gasteiger charge is 2.41. The quantitative estimate of drug-likeness (QED) is 0.575. The second-order valence-corrected chi connectivity index (χ2v) is 8.16. The zero-order chi connectivity index (χ0) is 21.1. The Morgan fingerprint density at radius 1 is 1.10 bits per heavy atom. The highest BCUT2D eigenvalue weighted by Crippen LogP contribution is 2.27. The molecule has 8 heteroatoms. The van der Waals surface area contributed by atoms with Gasteiger partial charge in [0.15, 0.2) is 5.60 Å². The minimum atomic E-state index is -0.976. The van der Waals surface area contributed by atoms with Gasteiger partial charge in [-0.05, 0) is 50.2 Å². The lowest BCUT2D eigenvalue weighted by Gasteiger charge is -2.42. The Labute approximate surface area is 180 Å². The number of ether oxygens (including phenoxy) is 2. The van der Waals surface area contributed by atoms with Crippen LogP contribution in [0.25, 0.3) is 0 Å². The number of amides is 1. The Kier molecular flexibility index (Phi) is 5.63. The van der Waals surface area contributed by atoms with Crippen LogP contribution in [0.2, 0.25) is 5.02 Å². The van der Waals surface area contributed by atoms with E-state index in [-0.39, 0.29) is 11.9 Å². The number of nitrogens with zero attached hydrogens (tertiary/aromatic N) is 4. The SMILES string of the molecule is CC(C)(Oc1ccc(Cl)cc1)C(=O)N1CC(n2cc(COc3ccccc3)nn2)C1. The summed E-state index contributed by atoms with van der Waals surface area (Å²) < 4.78 is 13.4. The molecule has 7 nitrogen and oxygen atoms in total. The highest BCUT2D eigenvalue weighted by atomic mass is 35.5. The van der Waals surface area contributed by atoms with E-state index < -0.39 is 5.60 Å². The lowest BCUT2D eigenvalue weighted by molar-refractivity contribution is -0.151. The average molecular weight is 427 g/mol. The fraction of sp³-hybridized carbons (Fsp3) is 0.318. The van der Waals surface area contributed by atoms with Gasteiger partial charge in [0.05, 0.1) is 12.2 Å². The van der Waals surface area contributed by atoms with E-state index in [1.807, 2.05) is 36.5 Å². The van der Waals surface area contributed by atoms with Crippen molar-refractivity contribution in [3.63, 3.8) is 0 Å². The summed E-state index contributed by atoms with van der Waals surface area (Å²) in [5.74, 6) is 1.32. The van der Waals surface area contributed by atoms with Crippen molar-refractivity contribution in [2.75, 3.05) is 13.1 Å². The first-order valence-corrected chi connectivity index (χ1v) is 10.1. The van der Waals surface area contributed by atoms with Crippen LogP contribution in [0.4, 0.5) is 0 Å². The smallest absolute Gasteiger partial charge is 0.266 e. The van der Waals surface area contributed by atoms with Gasteiger partial charge in [-0.2, -0.15) is 0 Å². The molecule has 0 radical (unpaired) electrons. The molecule has 3 aromatic rings. The molecule has 4 rings (SSSR count). The van der Waals surface area contributed by atoms with Crippen molar-refractivity contribution >= 4 is 17.5 Å². The van der Waals surface area contributed by atoms with Gasteiger partial charge >= 0.3 is 0 Å². The summed E-state index contributed by atoms with van der Waals surface area (Å²) in [4.78, 5) is 14.6. The number of carbonyl (C=O) groups is 1. The number of aromatic nitrogens is 3. The van der Waals surface area contributed by atoms with E-state index in [0.717, 1.165) is 11.4 Å². The van der Waals surface area contributed by atoms with Gasteiger partial charge in [0.2, 0.25) is 0 Å². The predicted octanol–water partition coefficient (Wildman–Crippen LogP) is 3.75. The monoisotopic (exact) mass is 426 g/mol. The number of likely N-dealkylation sites (tertiary alicyclic amines) is 1. The molecule has 0 aliphatic carbocycles. The van der Waals surface area contributed by atoms with E-state index in [2.05, 4.69) is 10.3 Å². The average Bonchev–Trinajstić information content (AvgIpc) is 3.16. The van der Waals surface area contributed by atoms with Crippen LogP contribution < -0.4 is 9.47 Å². The largest absolute Gasteiger partial charge is 0.487 e. The summed E-state index contributed by atoms with van der Waals surface area (Å²) in [5.41, 5.74) is -0.231. The fourth-order valence-corrected chi connectivity index (χ4v) is 3.37. The van der Waals surface area contributed by atoms with Crippen LogP contribution in [0.5, 0.6) is 11.5 Å². The normalized spacial score (nSPS) is 14.3. The number of hydrogen-bond donors (Lipinski definition) is 0. The molecule has 1 saturated heterocycles. The molecule has 1 amide bonds. The Bertz CT molecular complexity index is 999. The summed E-state index contributed by atoms with van der Waals surface area (Å²) in [7, 11) is 0. The molecule has 2 heterocycles. The summed E-state index contributed by atoms with van der Waals surface area (Å²) in [6.45, 7) is 5.02. The van der Waals surface area contributed by atoms with E-state index in [4.69, 9.17) is 21.1 Å². The van der Waals surface area contributed by atoms with Gasteiger partial charge in [-0.1, -0.05) is 35.0 Å². The molecule has 1 aromatic heterocycles. The number of halogens is 1. The van der Waals surface area contributed by atoms with Crippen LogP contribution in [0.1, 0.15) is 25.6 Å². The molecule has 0 atom stereocenters. The Morgan fingerprint density at radius 3 is 2.50 bits per heavy atom. The van der Waals surface area contributed by atoms with Gasteiger partial charge in [-0.25, -0.2) is 4.68 Å². The van der Waals surface area contributed by atoms with Crippen molar-refractivity contribution in [1.29, 1.82) is 0 Å². The first-order valence-electron chi connectivity index (χ1n) is 9.73. The minimum Gasteiger partial charge on any atom is -0.487 e. The summed E-state index contributed by atoms with van der Waals surface area (Å²) in [5, 5.41) is 8.98. The second-order valence-electron chi connectivity index (χ2n) is 7.72. The maximum Gasteiger partial charge on any atom is 0.266 e. The van der Waals surface area contributed by atoms with E-state index in [0.29, 0.717) is 30.5 Å². The van der Waals surface area contributed by atoms with Crippen LogP contribution in [0.15, 0.2) is 60.8 Å². The fourth-order valence-electron chi connectivity index (χ4n) is 3.24. The zero-order valence-electron chi connectivity index (χ0n) is 16.9. The molecule has 156 valence electrons. The summed E-state index contributed by atoms with van der Waals surface area (Å²) in [6, 6.07) is 16.7. The van der Waals surface area contributed by atoms with Gasteiger partial charge in [-0.3, -0.25) is 4.79 Å². The number of para-hydroxylation sites is 1.